The number of hydrogen-bond acceptors (Lipinski definition) is 19. The zero-order valence-electron chi connectivity index (χ0n) is 47.0. The minimum Gasteiger partial charge on any atom is -0.497 e. The van der Waals surface area contributed by atoms with Gasteiger partial charge in [0.25, 0.3) is 8.53 Å². The topological polar surface area (TPSA) is 247 Å². The number of nitriles is 1. The lowest BCUT2D eigenvalue weighted by Crippen LogP contribution is -2.66. The van der Waals surface area contributed by atoms with Crippen LogP contribution >= 0.6 is 8.53 Å². The van der Waals surface area contributed by atoms with Crippen LogP contribution in [0.1, 0.15) is 111 Å². The smallest absolute Gasteiger partial charge is 0.303 e. The van der Waals surface area contributed by atoms with Gasteiger partial charge in [-0.25, -0.2) is 4.67 Å². The van der Waals surface area contributed by atoms with Gasteiger partial charge in [0.1, 0.15) is 48.6 Å². The summed E-state index contributed by atoms with van der Waals surface area (Å²) in [7, 11) is 1.61. The van der Waals surface area contributed by atoms with Gasteiger partial charge in [0.2, 0.25) is 11.8 Å². The number of nitrogens with zero attached hydrogens (tertiary/aromatic N) is 2. The first-order chi connectivity index (χ1) is 37.9. The van der Waals surface area contributed by atoms with Gasteiger partial charge in [-0.2, -0.15) is 5.26 Å². The van der Waals surface area contributed by atoms with E-state index in [4.69, 9.17) is 56.4 Å². The highest BCUT2D eigenvalue weighted by atomic mass is 31.2. The SMILES string of the molecule is COc1ccc(C(OC[C@H]2O[C@@H](OCCCCCCNC(=O)CO[C@@H]3O[C@H](COC(C)=O)[C@H](OC(C)=O)[C@H](OC(C)=O)[C@H]3NC(C)=O)C[C@@H]2OP(OCCC#N)N(C(C)C)C(C)C)(c2ccccc2)c2ccc(OC)cc2)cc1. The first-order valence-corrected chi connectivity index (χ1v) is 27.8. The number of benzene rings is 3. The zero-order valence-corrected chi connectivity index (χ0v) is 47.9. The molecule has 0 radical (unpaired) electrons. The molecule has 0 bridgehead atoms. The lowest BCUT2D eigenvalue weighted by molar-refractivity contribution is -0.276. The summed E-state index contributed by atoms with van der Waals surface area (Å²) in [4.78, 5) is 61.3. The van der Waals surface area contributed by atoms with Crippen LogP contribution in [0.25, 0.3) is 0 Å². The summed E-state index contributed by atoms with van der Waals surface area (Å²) in [6, 6.07) is 26.7. The van der Waals surface area contributed by atoms with E-state index < -0.39 is 106 Å². The van der Waals surface area contributed by atoms with Crippen LogP contribution in [0.2, 0.25) is 0 Å². The van der Waals surface area contributed by atoms with Gasteiger partial charge in [0.15, 0.2) is 24.8 Å². The normalized spacial score (nSPS) is 21.5. The molecule has 2 saturated heterocycles. The third kappa shape index (κ3) is 19.2. The Morgan fingerprint density at radius 2 is 1.32 bits per heavy atom. The maximum Gasteiger partial charge on any atom is 0.303 e. The Hall–Kier alpha value is -5.79. The first kappa shape index (κ1) is 64.0. The molecule has 9 atom stereocenters. The largest absolute Gasteiger partial charge is 0.497 e. The van der Waals surface area contributed by atoms with Crippen molar-refractivity contribution in [2.24, 2.45) is 0 Å². The van der Waals surface area contributed by atoms with Crippen molar-refractivity contribution >= 4 is 38.2 Å². The molecule has 0 aliphatic carbocycles. The summed E-state index contributed by atoms with van der Waals surface area (Å²) in [6.07, 6.45) is -3.46. The van der Waals surface area contributed by atoms with Crippen LogP contribution in [0.4, 0.5) is 0 Å². The molecular weight excluding hydrogens is 1040 g/mol. The number of carbonyl (C=O) groups excluding carboxylic acids is 5. The van der Waals surface area contributed by atoms with Gasteiger partial charge < -0.3 is 67.0 Å². The number of methoxy groups -OCH3 is 2. The third-order valence-electron chi connectivity index (χ3n) is 12.8. The number of amides is 2. The molecule has 5 rings (SSSR count). The van der Waals surface area contributed by atoms with Gasteiger partial charge in [0.05, 0.1) is 46.0 Å². The molecule has 2 heterocycles. The molecule has 0 spiro atoms. The number of nitrogens with one attached hydrogen (secondary N) is 2. The minimum atomic E-state index is -1.65. The Balaban J connectivity index is 1.23. The van der Waals surface area contributed by atoms with Crippen molar-refractivity contribution in [3.05, 3.63) is 95.6 Å². The molecule has 3 aromatic carbocycles. The van der Waals surface area contributed by atoms with Crippen molar-refractivity contribution in [3.63, 3.8) is 0 Å². The van der Waals surface area contributed by atoms with E-state index in [-0.39, 0.29) is 31.7 Å². The molecule has 434 valence electrons. The van der Waals surface area contributed by atoms with Crippen LogP contribution in [0, 0.1) is 11.3 Å². The summed E-state index contributed by atoms with van der Waals surface area (Å²) in [6.45, 7) is 13.1. The molecule has 2 amide bonds. The molecule has 2 aliphatic heterocycles. The third-order valence-corrected chi connectivity index (χ3v) is 15.0. The van der Waals surface area contributed by atoms with Crippen LogP contribution in [-0.4, -0.2) is 149 Å². The summed E-state index contributed by atoms with van der Waals surface area (Å²) in [5, 5.41) is 14.9. The summed E-state index contributed by atoms with van der Waals surface area (Å²) in [5.74, 6) is -1.77. The van der Waals surface area contributed by atoms with Crippen molar-refractivity contribution in [2.45, 2.75) is 161 Å². The Morgan fingerprint density at radius 3 is 1.87 bits per heavy atom. The highest BCUT2D eigenvalue weighted by molar-refractivity contribution is 7.44. The van der Waals surface area contributed by atoms with E-state index in [0.717, 1.165) is 43.4 Å². The average Bonchev–Trinajstić information content (AvgIpc) is 3.87. The second-order valence-electron chi connectivity index (χ2n) is 19.5. The monoisotopic (exact) mass is 1120 g/mol. The highest BCUT2D eigenvalue weighted by Gasteiger charge is 2.52. The maximum absolute atomic E-state index is 13.0. The van der Waals surface area contributed by atoms with Crippen molar-refractivity contribution < 1.29 is 80.4 Å². The van der Waals surface area contributed by atoms with Gasteiger partial charge in [-0.15, -0.1) is 0 Å². The number of hydrogen-bond donors (Lipinski definition) is 2. The number of esters is 3. The Bertz CT molecular complexity index is 2350. The van der Waals surface area contributed by atoms with E-state index in [1.54, 1.807) is 14.2 Å². The fourth-order valence-electron chi connectivity index (χ4n) is 9.40. The predicted molar refractivity (Wildman–Crippen MR) is 289 cm³/mol. The molecule has 2 aliphatic rings. The van der Waals surface area contributed by atoms with Gasteiger partial charge in [-0.05, 0) is 81.5 Å². The summed E-state index contributed by atoms with van der Waals surface area (Å²) >= 11 is 0. The molecule has 22 heteroatoms. The number of rotatable bonds is 32. The molecule has 0 aromatic heterocycles. The lowest BCUT2D eigenvalue weighted by atomic mass is 9.80. The van der Waals surface area contributed by atoms with Crippen molar-refractivity contribution in [2.75, 3.05) is 53.8 Å². The Labute approximate surface area is 465 Å². The average molecular weight is 1120 g/mol. The van der Waals surface area contributed by atoms with Crippen LogP contribution in [0.5, 0.6) is 11.5 Å². The van der Waals surface area contributed by atoms with E-state index in [1.165, 1.54) is 13.8 Å². The molecule has 2 N–H and O–H groups in total. The van der Waals surface area contributed by atoms with Gasteiger partial charge in [0, 0.05) is 59.4 Å². The lowest BCUT2D eigenvalue weighted by Gasteiger charge is -2.44. The van der Waals surface area contributed by atoms with Crippen LogP contribution in [0.3, 0.4) is 0 Å². The molecule has 21 nitrogen and oxygen atoms in total. The molecule has 3 aromatic rings. The number of carbonyl (C=O) groups is 5. The molecule has 2 fully saturated rings. The van der Waals surface area contributed by atoms with Gasteiger partial charge >= 0.3 is 17.9 Å². The van der Waals surface area contributed by atoms with Crippen LogP contribution in [-0.2, 0) is 76.5 Å². The standard InChI is InChI=1S/C57H79N4O17P/c1-37(2)61(38(3)4)79(73-32-18-29-58)78-48-33-52(76-49(48)35-72-57(43-19-14-13-15-20-43,44-21-25-46(67-9)26-22-44)45-23-27-47(68-10)28-24-45)69-31-17-12-11-16-30-59-51(66)36-71-56-53(60-39(5)62)55(75-42(8)65)54(74-41(7)64)50(77-56)34-70-40(6)63/h13-15,19-28,37-38,48-50,52-56H,11-12,16-18,30-36H2,1-10H3,(H,59,66)(H,60,62)/t48-,49+,50+,52+,53+,54-,55+,56+,79?/m0/s1. The fraction of sp³-hybridized carbons (Fsp3) is 0.579. The number of unbranched alkanes of at least 4 members (excludes halogenated alkanes) is 3. The van der Waals surface area contributed by atoms with E-state index in [2.05, 4.69) is 49.1 Å². The summed E-state index contributed by atoms with van der Waals surface area (Å²) in [5.41, 5.74) is 1.49. The molecule has 79 heavy (non-hydrogen) atoms. The fourth-order valence-corrected chi connectivity index (χ4v) is 11.2. The molecule has 1 unspecified atom stereocenters. The van der Waals surface area contributed by atoms with Crippen molar-refractivity contribution in [1.29, 1.82) is 5.26 Å². The Morgan fingerprint density at radius 1 is 0.722 bits per heavy atom. The molecule has 0 saturated carbocycles. The van der Waals surface area contributed by atoms with Crippen LogP contribution in [0.15, 0.2) is 78.9 Å². The van der Waals surface area contributed by atoms with Gasteiger partial charge in [-0.3, -0.25) is 24.0 Å². The predicted octanol–water partition coefficient (Wildman–Crippen LogP) is 7.15. The quantitative estimate of drug-likeness (QED) is 0.0207. The Kier molecular flexibility index (Phi) is 26.3. The van der Waals surface area contributed by atoms with Crippen molar-refractivity contribution in [1.82, 2.24) is 15.3 Å². The van der Waals surface area contributed by atoms with E-state index in [0.29, 0.717) is 43.9 Å². The number of ether oxygens (including phenoxy) is 10. The second-order valence-corrected chi connectivity index (χ2v) is 20.9. The van der Waals surface area contributed by atoms with E-state index in [1.807, 2.05) is 78.9 Å². The second kappa shape index (κ2) is 32.5. The van der Waals surface area contributed by atoms with Crippen LogP contribution < -0.4 is 20.1 Å². The van der Waals surface area contributed by atoms with E-state index >= 15 is 0 Å². The van der Waals surface area contributed by atoms with Crippen molar-refractivity contribution in [3.8, 4) is 17.6 Å². The van der Waals surface area contributed by atoms with E-state index in [9.17, 15) is 29.2 Å². The first-order valence-electron chi connectivity index (χ1n) is 26.7. The molecular formula is C57H79N4O17P. The van der Waals surface area contributed by atoms with Gasteiger partial charge in [-0.1, -0.05) is 67.4 Å². The summed E-state index contributed by atoms with van der Waals surface area (Å²) < 4.78 is 74.9. The minimum absolute atomic E-state index is 0.0660. The zero-order chi connectivity index (χ0) is 57.5. The maximum atomic E-state index is 13.0. The highest BCUT2D eigenvalue weighted by Crippen LogP contribution is 2.50.